The van der Waals surface area contributed by atoms with Crippen molar-refractivity contribution >= 4 is 45.2 Å². The summed E-state index contributed by atoms with van der Waals surface area (Å²) in [7, 11) is 0. The molecule has 0 fully saturated rings. The molecule has 0 aliphatic carbocycles. The number of carbonyl (C=O) groups is 2. The molecule has 0 aliphatic rings. The molecule has 5 heteroatoms. The van der Waals surface area contributed by atoms with Gasteiger partial charge in [0, 0.05) is 31.8 Å². The first-order valence-electron chi connectivity index (χ1n) is 8.75. The minimum Gasteiger partial charge on any atom is -0.445 e. The van der Waals surface area contributed by atoms with Gasteiger partial charge in [-0.1, -0.05) is 48.5 Å². The highest BCUT2D eigenvalue weighted by Gasteiger charge is 2.28. The van der Waals surface area contributed by atoms with Crippen LogP contribution in [0.1, 0.15) is 32.4 Å². The van der Waals surface area contributed by atoms with Gasteiger partial charge >= 0.3 is 5.97 Å². The number of esters is 1. The van der Waals surface area contributed by atoms with Crippen LogP contribution < -0.4 is 0 Å². The topological polar surface area (TPSA) is 59.2 Å². The third-order valence-corrected chi connectivity index (χ3v) is 5.22. The zero-order valence-corrected chi connectivity index (χ0v) is 16.9. The van der Waals surface area contributed by atoms with Gasteiger partial charge in [0.1, 0.15) is 0 Å². The number of Topliss-reactive ketones (excluding diaryl/α,β-unsaturated/α-hetero) is 1. The molecule has 0 spiro atoms. The number of aromatic nitrogens is 1. The van der Waals surface area contributed by atoms with Crippen molar-refractivity contribution in [1.29, 1.82) is 0 Å². The molecule has 4 rings (SSSR count). The summed E-state index contributed by atoms with van der Waals surface area (Å²) in [6.45, 7) is 0. The lowest BCUT2D eigenvalue weighted by molar-refractivity contribution is 0.0280. The number of para-hydroxylation sites is 1. The number of fused-ring (bicyclic) bond motifs is 1. The Morgan fingerprint density at radius 1 is 0.857 bits per heavy atom. The van der Waals surface area contributed by atoms with E-state index in [4.69, 9.17) is 4.74 Å². The lowest BCUT2D eigenvalue weighted by Crippen LogP contribution is -2.20. The van der Waals surface area contributed by atoms with Crippen molar-refractivity contribution in [3.63, 3.8) is 0 Å². The molecule has 28 heavy (non-hydrogen) atoms. The summed E-state index contributed by atoms with van der Waals surface area (Å²) in [5.41, 5.74) is 2.41. The normalized spacial score (nSPS) is 11.9. The average molecular weight is 481 g/mol. The smallest absolute Gasteiger partial charge is 0.339 e. The Bertz CT molecular complexity index is 1130. The van der Waals surface area contributed by atoms with Crippen LogP contribution in [0.2, 0.25) is 0 Å². The van der Waals surface area contributed by atoms with E-state index < -0.39 is 12.1 Å². The maximum absolute atomic E-state index is 13.3. The van der Waals surface area contributed by atoms with Crippen LogP contribution in [0, 0.1) is 3.57 Å². The van der Waals surface area contributed by atoms with E-state index in [-0.39, 0.29) is 5.78 Å². The van der Waals surface area contributed by atoms with Gasteiger partial charge in [0.2, 0.25) is 5.78 Å². The number of rotatable bonds is 5. The fourth-order valence-corrected chi connectivity index (χ4v) is 3.44. The van der Waals surface area contributed by atoms with E-state index in [0.29, 0.717) is 16.7 Å². The van der Waals surface area contributed by atoms with Crippen LogP contribution in [0.25, 0.3) is 10.9 Å². The summed E-state index contributed by atoms with van der Waals surface area (Å²) in [5.74, 6) is -0.791. The van der Waals surface area contributed by atoms with Crippen LogP contribution >= 0.6 is 22.6 Å². The lowest BCUT2D eigenvalue weighted by Gasteiger charge is -2.17. The highest BCUT2D eigenvalue weighted by Crippen LogP contribution is 2.28. The van der Waals surface area contributed by atoms with Crippen LogP contribution in [-0.2, 0) is 4.74 Å². The number of ether oxygens (including phenoxy) is 1. The van der Waals surface area contributed by atoms with Crippen molar-refractivity contribution in [3.8, 4) is 0 Å². The summed E-state index contributed by atoms with van der Waals surface area (Å²) in [6.07, 6.45) is 0.647. The van der Waals surface area contributed by atoms with Gasteiger partial charge in [0.15, 0.2) is 6.10 Å². The molecule has 4 aromatic rings. The van der Waals surface area contributed by atoms with Crippen LogP contribution in [0.5, 0.6) is 0 Å². The Hall–Kier alpha value is -2.93. The highest BCUT2D eigenvalue weighted by molar-refractivity contribution is 14.1. The highest BCUT2D eigenvalue weighted by atomic mass is 127. The molecule has 0 saturated carbocycles. The predicted molar refractivity (Wildman–Crippen MR) is 116 cm³/mol. The summed E-state index contributed by atoms with van der Waals surface area (Å²) in [4.78, 5) is 29.1. The van der Waals surface area contributed by atoms with Gasteiger partial charge in [-0.05, 0) is 52.9 Å². The van der Waals surface area contributed by atoms with Crippen molar-refractivity contribution in [2.75, 3.05) is 0 Å². The van der Waals surface area contributed by atoms with Gasteiger partial charge in [0.05, 0.1) is 5.56 Å². The molecular weight excluding hydrogens is 465 g/mol. The first-order valence-corrected chi connectivity index (χ1v) is 9.83. The van der Waals surface area contributed by atoms with Crippen molar-refractivity contribution in [3.05, 3.63) is 105 Å². The van der Waals surface area contributed by atoms with Gasteiger partial charge in [-0.3, -0.25) is 4.79 Å². The van der Waals surface area contributed by atoms with E-state index in [1.165, 1.54) is 0 Å². The van der Waals surface area contributed by atoms with Crippen molar-refractivity contribution in [1.82, 2.24) is 4.98 Å². The van der Waals surface area contributed by atoms with E-state index in [1.54, 1.807) is 30.5 Å². The molecule has 4 nitrogen and oxygen atoms in total. The largest absolute Gasteiger partial charge is 0.445 e. The summed E-state index contributed by atoms with van der Waals surface area (Å²) >= 11 is 2.17. The van der Waals surface area contributed by atoms with E-state index in [1.807, 2.05) is 54.6 Å². The van der Waals surface area contributed by atoms with Gasteiger partial charge < -0.3 is 9.72 Å². The quantitative estimate of drug-likeness (QED) is 0.231. The molecular formula is C23H16INO3. The third-order valence-electron chi connectivity index (χ3n) is 4.50. The number of H-pyrrole nitrogens is 1. The molecule has 138 valence electrons. The number of ketones is 1. The monoisotopic (exact) mass is 481 g/mol. The first-order chi connectivity index (χ1) is 13.6. The molecule has 1 heterocycles. The van der Waals surface area contributed by atoms with Gasteiger partial charge in [0.25, 0.3) is 0 Å². The molecule has 0 saturated heterocycles. The number of hydrogen-bond donors (Lipinski definition) is 1. The fraction of sp³-hybridized carbons (Fsp3) is 0.0435. The molecule has 3 aromatic carbocycles. The number of hydrogen-bond acceptors (Lipinski definition) is 3. The molecule has 1 N–H and O–H groups in total. The summed E-state index contributed by atoms with van der Waals surface area (Å²) in [6, 6.07) is 23.7. The van der Waals surface area contributed by atoms with Crippen molar-refractivity contribution < 1.29 is 14.3 Å². The molecule has 0 bridgehead atoms. The minimum atomic E-state index is -1.02. The van der Waals surface area contributed by atoms with E-state index in [2.05, 4.69) is 27.6 Å². The zero-order valence-electron chi connectivity index (χ0n) is 14.8. The Balaban J connectivity index is 1.70. The van der Waals surface area contributed by atoms with Gasteiger partial charge in [-0.25, -0.2) is 4.79 Å². The first kappa shape index (κ1) is 18.4. The maximum atomic E-state index is 13.3. The van der Waals surface area contributed by atoms with Crippen LogP contribution in [-0.4, -0.2) is 16.7 Å². The summed E-state index contributed by atoms with van der Waals surface area (Å²) in [5, 5.41) is 0.804. The van der Waals surface area contributed by atoms with Crippen molar-refractivity contribution in [2.24, 2.45) is 0 Å². The number of aromatic amines is 1. The lowest BCUT2D eigenvalue weighted by atomic mass is 9.99. The van der Waals surface area contributed by atoms with Crippen molar-refractivity contribution in [2.45, 2.75) is 6.10 Å². The summed E-state index contributed by atoms with van der Waals surface area (Å²) < 4.78 is 6.71. The second-order valence-electron chi connectivity index (χ2n) is 6.32. The third kappa shape index (κ3) is 3.71. The number of benzene rings is 3. The minimum absolute atomic E-state index is 0.262. The molecule has 1 aromatic heterocycles. The Morgan fingerprint density at radius 3 is 2.29 bits per heavy atom. The predicted octanol–water partition coefficient (Wildman–Crippen LogP) is 5.55. The standard InChI is InChI=1S/C23H16INO3/c24-17-12-10-16(11-13-17)23(27)28-22(15-6-2-1-3-7-15)21(26)19-14-25-20-9-5-4-8-18(19)20/h1-14,22,25H/t22-/m1/s1. The average Bonchev–Trinajstić information content (AvgIpc) is 3.17. The second kappa shape index (κ2) is 7.98. The van der Waals surface area contributed by atoms with E-state index in [0.717, 1.165) is 14.5 Å². The Labute approximate surface area is 175 Å². The molecule has 0 unspecified atom stereocenters. The zero-order chi connectivity index (χ0) is 19.5. The fourth-order valence-electron chi connectivity index (χ4n) is 3.08. The molecule has 0 aliphatic heterocycles. The molecule has 1 atom stereocenters. The molecule has 0 amide bonds. The van der Waals surface area contributed by atoms with E-state index in [9.17, 15) is 9.59 Å². The second-order valence-corrected chi connectivity index (χ2v) is 7.56. The number of nitrogens with one attached hydrogen (secondary N) is 1. The number of carbonyl (C=O) groups excluding carboxylic acids is 2. The van der Waals surface area contributed by atoms with E-state index >= 15 is 0 Å². The SMILES string of the molecule is O=C(O[C@@H](C(=O)c1c[nH]c2ccccc12)c1ccccc1)c1ccc(I)cc1. The Morgan fingerprint density at radius 2 is 1.54 bits per heavy atom. The van der Waals surface area contributed by atoms with Gasteiger partial charge in [-0.15, -0.1) is 0 Å². The van der Waals surface area contributed by atoms with Crippen LogP contribution in [0.15, 0.2) is 85.1 Å². The maximum Gasteiger partial charge on any atom is 0.339 e. The molecule has 0 radical (unpaired) electrons. The van der Waals surface area contributed by atoms with Crippen LogP contribution in [0.3, 0.4) is 0 Å². The van der Waals surface area contributed by atoms with Crippen LogP contribution in [0.4, 0.5) is 0 Å². The van der Waals surface area contributed by atoms with Gasteiger partial charge in [-0.2, -0.15) is 0 Å². The number of halogens is 1. The Kier molecular flexibility index (Phi) is 5.25.